The summed E-state index contributed by atoms with van der Waals surface area (Å²) in [4.78, 5) is 11.3. The third-order valence-corrected chi connectivity index (χ3v) is 4.82. The fourth-order valence-corrected chi connectivity index (χ4v) is 3.26. The lowest BCUT2D eigenvalue weighted by molar-refractivity contribution is -0.140. The van der Waals surface area contributed by atoms with E-state index < -0.39 is 16.0 Å². The maximum atomic E-state index is 12.6. The molecule has 0 radical (unpaired) electrons. The summed E-state index contributed by atoms with van der Waals surface area (Å²) in [7, 11) is 0.106. The number of hydrogen-bond acceptors (Lipinski definition) is 6. The first kappa shape index (κ1) is 17.3. The van der Waals surface area contributed by atoms with Crippen molar-refractivity contribution in [3.8, 4) is 11.5 Å². The lowest BCUT2D eigenvalue weighted by Crippen LogP contribution is -2.36. The van der Waals surface area contributed by atoms with Gasteiger partial charge >= 0.3 is 5.97 Å². The van der Waals surface area contributed by atoms with Gasteiger partial charge in [-0.25, -0.2) is 8.42 Å². The van der Waals surface area contributed by atoms with Gasteiger partial charge in [-0.3, -0.25) is 4.79 Å². The summed E-state index contributed by atoms with van der Waals surface area (Å²) in [6.45, 7) is 1.39. The minimum atomic E-state index is -3.90. The van der Waals surface area contributed by atoms with E-state index in [2.05, 4.69) is 4.74 Å². The van der Waals surface area contributed by atoms with Crippen LogP contribution in [0.25, 0.3) is 0 Å². The fraction of sp³-hybridized carbons (Fsp3) is 0.462. The zero-order chi connectivity index (χ0) is 16.0. The quantitative estimate of drug-likeness (QED) is 0.695. The molecule has 0 atom stereocenters. The van der Waals surface area contributed by atoms with E-state index in [1.807, 2.05) is 0 Å². The SMILES string of the molecule is CCN(CC(=O)OC)S(=O)(=O)c1cc(OC)ccc1OC. The number of carbonyl (C=O) groups excluding carboxylic acids is 1. The van der Waals surface area contributed by atoms with Crippen molar-refractivity contribution >= 4 is 16.0 Å². The van der Waals surface area contributed by atoms with Gasteiger partial charge in [0.05, 0.1) is 21.3 Å². The van der Waals surface area contributed by atoms with Gasteiger partial charge in [-0.2, -0.15) is 4.31 Å². The number of hydrogen-bond donors (Lipinski definition) is 0. The van der Waals surface area contributed by atoms with E-state index in [4.69, 9.17) is 9.47 Å². The molecule has 0 heterocycles. The zero-order valence-corrected chi connectivity index (χ0v) is 13.3. The Labute approximate surface area is 124 Å². The van der Waals surface area contributed by atoms with Gasteiger partial charge in [-0.05, 0) is 12.1 Å². The Hall–Kier alpha value is -1.80. The highest BCUT2D eigenvalue weighted by atomic mass is 32.2. The summed E-state index contributed by atoms with van der Waals surface area (Å²) in [6, 6.07) is 4.44. The first-order chi connectivity index (χ1) is 9.90. The highest BCUT2D eigenvalue weighted by Crippen LogP contribution is 2.30. The number of methoxy groups -OCH3 is 3. The summed E-state index contributed by atoms with van der Waals surface area (Å²) in [5.74, 6) is -0.0788. The Balaban J connectivity index is 3.30. The molecule has 1 aromatic rings. The minimum Gasteiger partial charge on any atom is -0.497 e. The number of ether oxygens (including phenoxy) is 3. The van der Waals surface area contributed by atoms with Crippen LogP contribution in [0.1, 0.15) is 6.92 Å². The van der Waals surface area contributed by atoms with Gasteiger partial charge < -0.3 is 14.2 Å². The molecule has 0 aliphatic carbocycles. The molecule has 0 saturated heterocycles. The number of rotatable bonds is 7. The summed E-state index contributed by atoms with van der Waals surface area (Å²) in [5.41, 5.74) is 0. The molecule has 0 fully saturated rings. The van der Waals surface area contributed by atoms with Crippen LogP contribution in [0.4, 0.5) is 0 Å². The van der Waals surface area contributed by atoms with Gasteiger partial charge in [0.15, 0.2) is 0 Å². The standard InChI is InChI=1S/C13H19NO6S/c1-5-14(9-13(15)20-4)21(16,17)12-8-10(18-2)6-7-11(12)19-3/h6-8H,5,9H2,1-4H3. The normalized spacial score (nSPS) is 11.3. The molecule has 21 heavy (non-hydrogen) atoms. The van der Waals surface area contributed by atoms with Gasteiger partial charge in [-0.1, -0.05) is 6.92 Å². The number of sulfonamides is 1. The molecule has 0 unspecified atom stereocenters. The van der Waals surface area contributed by atoms with Crippen LogP contribution in [0.3, 0.4) is 0 Å². The van der Waals surface area contributed by atoms with E-state index in [1.165, 1.54) is 33.5 Å². The number of benzene rings is 1. The van der Waals surface area contributed by atoms with Crippen LogP contribution in [-0.2, 0) is 19.6 Å². The third kappa shape index (κ3) is 3.85. The Bertz CT molecular complexity index is 599. The number of esters is 1. The van der Waals surface area contributed by atoms with Crippen molar-refractivity contribution in [3.05, 3.63) is 18.2 Å². The van der Waals surface area contributed by atoms with E-state index in [9.17, 15) is 13.2 Å². The monoisotopic (exact) mass is 317 g/mol. The zero-order valence-electron chi connectivity index (χ0n) is 12.5. The first-order valence-corrected chi connectivity index (χ1v) is 7.63. The smallest absolute Gasteiger partial charge is 0.321 e. The van der Waals surface area contributed by atoms with Gasteiger partial charge in [0.25, 0.3) is 0 Å². The van der Waals surface area contributed by atoms with Crippen molar-refractivity contribution in [2.75, 3.05) is 34.4 Å². The van der Waals surface area contributed by atoms with Crippen LogP contribution in [0.15, 0.2) is 23.1 Å². The predicted octanol–water partition coefficient (Wildman–Crippen LogP) is 0.887. The molecule has 1 rings (SSSR count). The summed E-state index contributed by atoms with van der Waals surface area (Å²) < 4.78 is 40.9. The van der Waals surface area contributed by atoms with Crippen LogP contribution in [0, 0.1) is 0 Å². The molecule has 118 valence electrons. The second-order valence-electron chi connectivity index (χ2n) is 4.02. The molecule has 0 aliphatic rings. The molecule has 1 aromatic carbocycles. The van der Waals surface area contributed by atoms with Crippen molar-refractivity contribution in [2.24, 2.45) is 0 Å². The van der Waals surface area contributed by atoms with E-state index in [-0.39, 0.29) is 23.7 Å². The van der Waals surface area contributed by atoms with E-state index in [0.717, 1.165) is 4.31 Å². The Morgan fingerprint density at radius 1 is 1.19 bits per heavy atom. The van der Waals surface area contributed by atoms with E-state index in [0.29, 0.717) is 5.75 Å². The fourth-order valence-electron chi connectivity index (χ4n) is 1.70. The lowest BCUT2D eigenvalue weighted by atomic mass is 10.3. The summed E-state index contributed by atoms with van der Waals surface area (Å²) in [6.07, 6.45) is 0. The average molecular weight is 317 g/mol. The van der Waals surface area contributed by atoms with Crippen molar-refractivity contribution < 1.29 is 27.4 Å². The van der Waals surface area contributed by atoms with Gasteiger partial charge in [0.1, 0.15) is 22.9 Å². The Morgan fingerprint density at radius 2 is 1.86 bits per heavy atom. The predicted molar refractivity (Wildman–Crippen MR) is 76.0 cm³/mol. The Kier molecular flexibility index (Phi) is 5.98. The van der Waals surface area contributed by atoms with Crippen LogP contribution in [0.5, 0.6) is 11.5 Å². The largest absolute Gasteiger partial charge is 0.497 e. The number of carbonyl (C=O) groups is 1. The van der Waals surface area contributed by atoms with Crippen molar-refractivity contribution in [3.63, 3.8) is 0 Å². The molecule has 0 aliphatic heterocycles. The van der Waals surface area contributed by atoms with Gasteiger partial charge in [0, 0.05) is 12.6 Å². The van der Waals surface area contributed by atoms with Crippen LogP contribution >= 0.6 is 0 Å². The highest BCUT2D eigenvalue weighted by Gasteiger charge is 2.29. The van der Waals surface area contributed by atoms with Gasteiger partial charge in [0.2, 0.25) is 10.0 Å². The number of nitrogens with zero attached hydrogens (tertiary/aromatic N) is 1. The molecular weight excluding hydrogens is 298 g/mol. The van der Waals surface area contributed by atoms with Crippen molar-refractivity contribution in [1.29, 1.82) is 0 Å². The summed E-state index contributed by atoms with van der Waals surface area (Å²) >= 11 is 0. The molecule has 0 saturated carbocycles. The van der Waals surface area contributed by atoms with Crippen LogP contribution < -0.4 is 9.47 Å². The maximum Gasteiger partial charge on any atom is 0.321 e. The second-order valence-corrected chi connectivity index (χ2v) is 5.93. The molecule has 0 amide bonds. The number of likely N-dealkylation sites (N-methyl/N-ethyl adjacent to an activating group) is 1. The van der Waals surface area contributed by atoms with Crippen molar-refractivity contribution in [1.82, 2.24) is 4.31 Å². The molecule has 0 aromatic heterocycles. The minimum absolute atomic E-state index is 0.0601. The lowest BCUT2D eigenvalue weighted by Gasteiger charge is -2.20. The molecule has 0 spiro atoms. The van der Waals surface area contributed by atoms with Crippen molar-refractivity contribution in [2.45, 2.75) is 11.8 Å². The molecule has 0 N–H and O–H groups in total. The Morgan fingerprint density at radius 3 is 2.33 bits per heavy atom. The van der Waals surface area contributed by atoms with Crippen LogP contribution in [0.2, 0.25) is 0 Å². The van der Waals surface area contributed by atoms with E-state index in [1.54, 1.807) is 13.0 Å². The first-order valence-electron chi connectivity index (χ1n) is 6.19. The molecule has 7 nitrogen and oxygen atoms in total. The van der Waals surface area contributed by atoms with Crippen LogP contribution in [-0.4, -0.2) is 53.1 Å². The molecule has 8 heteroatoms. The maximum absolute atomic E-state index is 12.6. The third-order valence-electron chi connectivity index (χ3n) is 2.87. The topological polar surface area (TPSA) is 82.1 Å². The van der Waals surface area contributed by atoms with E-state index >= 15 is 0 Å². The molecular formula is C13H19NO6S. The average Bonchev–Trinajstić information content (AvgIpc) is 2.51. The molecule has 0 bridgehead atoms. The summed E-state index contributed by atoms with van der Waals surface area (Å²) in [5, 5.41) is 0. The highest BCUT2D eigenvalue weighted by molar-refractivity contribution is 7.89. The van der Waals surface area contributed by atoms with Gasteiger partial charge in [-0.15, -0.1) is 0 Å². The second kappa shape index (κ2) is 7.28.